The van der Waals surface area contributed by atoms with Crippen LogP contribution in [0.3, 0.4) is 0 Å². The minimum absolute atomic E-state index is 0.714. The van der Waals surface area contributed by atoms with Crippen LogP contribution in [0, 0.1) is 0 Å². The summed E-state index contributed by atoms with van der Waals surface area (Å²) in [5.41, 5.74) is 11.7. The highest BCUT2D eigenvalue weighted by atomic mass is 35.5. The largest absolute Gasteiger partial charge is 0.309 e. The van der Waals surface area contributed by atoms with Crippen molar-refractivity contribution in [3.8, 4) is 27.9 Å². The summed E-state index contributed by atoms with van der Waals surface area (Å²) in [4.78, 5) is 2.41. The van der Waals surface area contributed by atoms with Crippen molar-refractivity contribution in [1.82, 2.24) is 4.57 Å². The van der Waals surface area contributed by atoms with Crippen LogP contribution in [0.25, 0.3) is 69.9 Å². The highest BCUT2D eigenvalue weighted by Crippen LogP contribution is 2.56. The summed E-state index contributed by atoms with van der Waals surface area (Å²) in [6.07, 6.45) is 0. The summed E-state index contributed by atoms with van der Waals surface area (Å²) in [6, 6.07) is 54.8. The van der Waals surface area contributed by atoms with Crippen LogP contribution in [0.1, 0.15) is 0 Å². The molecule has 0 saturated carbocycles. The lowest BCUT2D eigenvalue weighted by atomic mass is 9.90. The van der Waals surface area contributed by atoms with Crippen LogP contribution in [0.5, 0.6) is 0 Å². The molecular weight excluding hydrogens is 600 g/mol. The van der Waals surface area contributed by atoms with E-state index in [1.807, 2.05) is 17.4 Å². The van der Waals surface area contributed by atoms with Crippen LogP contribution in [0.15, 0.2) is 152 Å². The molecule has 4 heteroatoms. The number of rotatable bonds is 2. The molecule has 216 valence electrons. The lowest BCUT2D eigenvalue weighted by Crippen LogP contribution is -2.11. The van der Waals surface area contributed by atoms with Gasteiger partial charge in [0, 0.05) is 64.0 Å². The number of thiophene rings is 1. The first kappa shape index (κ1) is 25.9. The minimum atomic E-state index is 0.714. The Morgan fingerprint density at radius 3 is 1.96 bits per heavy atom. The van der Waals surface area contributed by atoms with E-state index in [9.17, 15) is 0 Å². The van der Waals surface area contributed by atoms with Gasteiger partial charge in [-0.1, -0.05) is 96.5 Å². The summed E-state index contributed by atoms with van der Waals surface area (Å²) >= 11 is 8.68. The molecular formula is C42H25ClN2S. The minimum Gasteiger partial charge on any atom is -0.309 e. The average Bonchev–Trinajstić information content (AvgIpc) is 3.61. The molecule has 10 rings (SSSR count). The second-order valence-electron chi connectivity index (χ2n) is 11.9. The fourth-order valence-electron chi connectivity index (χ4n) is 7.47. The second kappa shape index (κ2) is 9.82. The van der Waals surface area contributed by atoms with E-state index < -0.39 is 0 Å². The van der Waals surface area contributed by atoms with Gasteiger partial charge in [0.1, 0.15) is 0 Å². The van der Waals surface area contributed by atoms with Crippen molar-refractivity contribution in [2.45, 2.75) is 0 Å². The Bertz CT molecular complexity index is 2650. The first-order chi connectivity index (χ1) is 22.7. The summed E-state index contributed by atoms with van der Waals surface area (Å²) in [5.74, 6) is 0. The highest BCUT2D eigenvalue weighted by Gasteiger charge is 2.30. The fourth-order valence-corrected chi connectivity index (χ4v) is 8.75. The molecule has 0 N–H and O–H groups in total. The van der Waals surface area contributed by atoms with Gasteiger partial charge in [-0.25, -0.2) is 0 Å². The van der Waals surface area contributed by atoms with Crippen LogP contribution < -0.4 is 4.90 Å². The molecule has 7 aromatic carbocycles. The molecule has 0 spiro atoms. The van der Waals surface area contributed by atoms with E-state index in [1.165, 1.54) is 58.7 Å². The highest BCUT2D eigenvalue weighted by molar-refractivity contribution is 7.26. The number of hydrogen-bond acceptors (Lipinski definition) is 2. The van der Waals surface area contributed by atoms with Gasteiger partial charge in [0.05, 0.1) is 22.4 Å². The molecule has 0 amide bonds. The third-order valence-electron chi connectivity index (χ3n) is 9.36. The molecule has 0 aliphatic carbocycles. The van der Waals surface area contributed by atoms with Gasteiger partial charge in [-0.3, -0.25) is 0 Å². The lowest BCUT2D eigenvalue weighted by Gasteiger charge is -2.28. The van der Waals surface area contributed by atoms with E-state index in [1.54, 1.807) is 0 Å². The Kier molecular flexibility index (Phi) is 5.54. The molecule has 1 aliphatic heterocycles. The zero-order valence-corrected chi connectivity index (χ0v) is 26.2. The number of aromatic nitrogens is 1. The van der Waals surface area contributed by atoms with Crippen molar-refractivity contribution in [1.29, 1.82) is 0 Å². The van der Waals surface area contributed by atoms with Crippen molar-refractivity contribution in [2.24, 2.45) is 0 Å². The third kappa shape index (κ3) is 3.64. The number of hydrogen-bond donors (Lipinski definition) is 0. The Morgan fingerprint density at radius 1 is 0.457 bits per heavy atom. The first-order valence-corrected chi connectivity index (χ1v) is 16.7. The van der Waals surface area contributed by atoms with Gasteiger partial charge in [-0.05, 0) is 72.3 Å². The smallest absolute Gasteiger partial charge is 0.0562 e. The maximum absolute atomic E-state index is 6.82. The van der Waals surface area contributed by atoms with Crippen LogP contribution in [0.2, 0.25) is 5.02 Å². The van der Waals surface area contributed by atoms with Crippen molar-refractivity contribution in [2.75, 3.05) is 4.90 Å². The van der Waals surface area contributed by atoms with Crippen molar-refractivity contribution < 1.29 is 0 Å². The molecule has 2 nitrogen and oxygen atoms in total. The number of benzene rings is 7. The maximum atomic E-state index is 6.82. The molecule has 0 fully saturated rings. The quantitative estimate of drug-likeness (QED) is 0.186. The van der Waals surface area contributed by atoms with E-state index in [4.69, 9.17) is 11.6 Å². The van der Waals surface area contributed by atoms with Gasteiger partial charge in [0.15, 0.2) is 0 Å². The Hall–Kier alpha value is -5.35. The van der Waals surface area contributed by atoms with E-state index in [-0.39, 0.29) is 0 Å². The molecule has 46 heavy (non-hydrogen) atoms. The maximum Gasteiger partial charge on any atom is 0.0562 e. The van der Waals surface area contributed by atoms with E-state index in [2.05, 4.69) is 155 Å². The monoisotopic (exact) mass is 624 g/mol. The Morgan fingerprint density at radius 2 is 1.13 bits per heavy atom. The first-order valence-electron chi connectivity index (χ1n) is 15.5. The second-order valence-corrected chi connectivity index (χ2v) is 13.4. The van der Waals surface area contributed by atoms with E-state index >= 15 is 0 Å². The van der Waals surface area contributed by atoms with Gasteiger partial charge in [0.25, 0.3) is 0 Å². The third-order valence-corrected chi connectivity index (χ3v) is 10.7. The number of fused-ring (bicyclic) bond motifs is 12. The van der Waals surface area contributed by atoms with E-state index in [0.717, 1.165) is 28.3 Å². The predicted octanol–water partition coefficient (Wildman–Crippen LogP) is 12.9. The standard InChI is InChI=1S/C42H25ClN2S/c43-26-19-20-30-31-21-22-40-42(32-16-8-10-18-39(32)46-40)41(31)34-24-33-29-15-7-9-17-35(29)44(27-11-3-1-4-12-27)37(33)25-38(34)45(36(30)23-26)28-13-5-2-6-14-28/h1-25H. The zero-order chi connectivity index (χ0) is 30.4. The number of para-hydroxylation sites is 3. The molecule has 3 heterocycles. The molecule has 0 radical (unpaired) electrons. The normalized spacial score (nSPS) is 12.4. The molecule has 2 aromatic heterocycles. The van der Waals surface area contributed by atoms with Crippen molar-refractivity contribution in [3.63, 3.8) is 0 Å². The van der Waals surface area contributed by atoms with Gasteiger partial charge >= 0.3 is 0 Å². The molecule has 0 atom stereocenters. The number of nitrogens with zero attached hydrogens (tertiary/aromatic N) is 2. The van der Waals surface area contributed by atoms with Gasteiger partial charge in [-0.15, -0.1) is 11.3 Å². The fraction of sp³-hybridized carbons (Fsp3) is 0. The van der Waals surface area contributed by atoms with Crippen molar-refractivity contribution in [3.05, 3.63) is 157 Å². The van der Waals surface area contributed by atoms with E-state index in [0.29, 0.717) is 5.02 Å². The van der Waals surface area contributed by atoms with Gasteiger partial charge < -0.3 is 9.47 Å². The molecule has 9 aromatic rings. The number of anilines is 3. The average molecular weight is 625 g/mol. The Labute approximate surface area is 275 Å². The zero-order valence-electron chi connectivity index (χ0n) is 24.6. The molecule has 0 unspecified atom stereocenters. The molecule has 1 aliphatic rings. The van der Waals surface area contributed by atoms with Crippen LogP contribution in [-0.2, 0) is 0 Å². The Balaban J connectivity index is 1.45. The van der Waals surface area contributed by atoms with Crippen molar-refractivity contribution >= 4 is 82.0 Å². The SMILES string of the molecule is Clc1ccc2c(c1)N(c1ccccc1)c1cc3c(cc1-c1c-2ccc2sc4ccccc4c12)c1ccccc1n3-c1ccccc1. The van der Waals surface area contributed by atoms with Gasteiger partial charge in [-0.2, -0.15) is 0 Å². The summed E-state index contributed by atoms with van der Waals surface area (Å²) < 4.78 is 5.00. The summed E-state index contributed by atoms with van der Waals surface area (Å²) in [6.45, 7) is 0. The van der Waals surface area contributed by atoms with Crippen LogP contribution in [-0.4, -0.2) is 4.57 Å². The number of halogens is 1. The van der Waals surface area contributed by atoms with Gasteiger partial charge in [0.2, 0.25) is 0 Å². The topological polar surface area (TPSA) is 8.17 Å². The predicted molar refractivity (Wildman–Crippen MR) is 198 cm³/mol. The molecule has 0 bridgehead atoms. The summed E-state index contributed by atoms with van der Waals surface area (Å²) in [7, 11) is 0. The summed E-state index contributed by atoms with van der Waals surface area (Å²) in [5, 5.41) is 5.79. The lowest BCUT2D eigenvalue weighted by molar-refractivity contribution is 1.18. The van der Waals surface area contributed by atoms with Crippen LogP contribution >= 0.6 is 22.9 Å². The molecule has 0 saturated heterocycles. The van der Waals surface area contributed by atoms with Crippen LogP contribution in [0.4, 0.5) is 17.1 Å².